The number of halogens is 3. The highest BCUT2D eigenvalue weighted by atomic mass is 35.5. The van der Waals surface area contributed by atoms with E-state index in [1.54, 1.807) is 25.7 Å². The second-order valence-electron chi connectivity index (χ2n) is 10.9. The van der Waals surface area contributed by atoms with Crippen molar-refractivity contribution in [2.75, 3.05) is 31.7 Å². The predicted molar refractivity (Wildman–Crippen MR) is 145 cm³/mol. The number of fused-ring (bicyclic) bond motifs is 5. The van der Waals surface area contributed by atoms with Gasteiger partial charge in [-0.3, -0.25) is 4.79 Å². The molecule has 1 amide bonds. The van der Waals surface area contributed by atoms with Gasteiger partial charge < -0.3 is 28.6 Å². The zero-order valence-corrected chi connectivity index (χ0v) is 23.4. The van der Waals surface area contributed by atoms with E-state index in [2.05, 4.69) is 0 Å². The fraction of sp³-hybridized carbons (Fsp3) is 0.429. The topological polar surface area (TPSA) is 73.2 Å². The summed E-state index contributed by atoms with van der Waals surface area (Å²) in [5, 5.41) is 0.295. The van der Waals surface area contributed by atoms with Crippen LogP contribution in [0.25, 0.3) is 22.0 Å². The van der Waals surface area contributed by atoms with Gasteiger partial charge in [-0.15, -0.1) is 0 Å². The number of pyridine rings is 1. The van der Waals surface area contributed by atoms with Crippen molar-refractivity contribution in [3.63, 3.8) is 0 Å². The van der Waals surface area contributed by atoms with Gasteiger partial charge in [0.1, 0.15) is 23.8 Å². The van der Waals surface area contributed by atoms with Crippen molar-refractivity contribution < 1.29 is 27.8 Å². The maximum Gasteiger partial charge on any atom is 0.410 e. The minimum absolute atomic E-state index is 0.0464. The average Bonchev–Trinajstić information content (AvgIpc) is 2.85. The van der Waals surface area contributed by atoms with Crippen molar-refractivity contribution in [2.45, 2.75) is 45.4 Å². The Morgan fingerprint density at radius 2 is 1.90 bits per heavy atom. The molecule has 5 rings (SSSR count). The molecule has 1 saturated heterocycles. The summed E-state index contributed by atoms with van der Waals surface area (Å²) in [4.78, 5) is 29.9. The summed E-state index contributed by atoms with van der Waals surface area (Å²) < 4.78 is 49.3. The van der Waals surface area contributed by atoms with Gasteiger partial charge in [-0.05, 0) is 45.9 Å². The van der Waals surface area contributed by atoms with Crippen LogP contribution in [0.4, 0.5) is 19.3 Å². The molecular weight excluding hydrogens is 532 g/mol. The minimum atomic E-state index is -0.856. The number of benzene rings is 2. The monoisotopic (exact) mass is 561 g/mol. The summed E-state index contributed by atoms with van der Waals surface area (Å²) in [6.45, 7) is 8.08. The fourth-order valence-corrected chi connectivity index (χ4v) is 5.65. The van der Waals surface area contributed by atoms with E-state index in [0.29, 0.717) is 17.6 Å². The fourth-order valence-electron chi connectivity index (χ4n) is 5.37. The zero-order chi connectivity index (χ0) is 28.4. The van der Waals surface area contributed by atoms with Gasteiger partial charge in [0.05, 0.1) is 34.9 Å². The lowest BCUT2D eigenvalue weighted by atomic mass is 9.98. The molecule has 0 bridgehead atoms. The zero-order valence-electron chi connectivity index (χ0n) is 22.6. The van der Waals surface area contributed by atoms with E-state index in [1.807, 2.05) is 11.8 Å². The van der Waals surface area contributed by atoms with Gasteiger partial charge in [-0.2, -0.15) is 0 Å². The number of aromatic nitrogens is 1. The Bertz CT molecular complexity index is 1550. The van der Waals surface area contributed by atoms with Crippen LogP contribution < -0.4 is 19.9 Å². The second kappa shape index (κ2) is 9.59. The van der Waals surface area contributed by atoms with Crippen LogP contribution in [-0.2, 0) is 11.8 Å². The number of anilines is 1. The standard InChI is InChI=1S/C28H30ClF2N3O5/c1-14-11-34-15(12-33(14)27(36)39-28(2,3)4)13-38-25-24(34)16-10-17(29)20(22(31)23(16)32(5)26(25)35)21-18(30)8-7-9-19(21)37-6/h7-10,14-15H,11-13H2,1-6H3/t14-,15-/m1/s1. The lowest BCUT2D eigenvalue weighted by molar-refractivity contribution is 0.00992. The van der Waals surface area contributed by atoms with Gasteiger partial charge in [0.25, 0.3) is 5.56 Å². The van der Waals surface area contributed by atoms with Crippen molar-refractivity contribution in [2.24, 2.45) is 7.05 Å². The molecule has 11 heteroatoms. The Labute approximate surface area is 229 Å². The number of amides is 1. The smallest absolute Gasteiger partial charge is 0.410 e. The van der Waals surface area contributed by atoms with Crippen molar-refractivity contribution in [3.05, 3.63) is 51.3 Å². The summed E-state index contributed by atoms with van der Waals surface area (Å²) in [7, 11) is 2.79. The molecule has 3 aromatic rings. The SMILES string of the molecule is COc1cccc(F)c1-c1c(Cl)cc2c3c(c(=O)n(C)c2c1F)OC[C@H]1CN(C(=O)OC(C)(C)C)[C@H](C)CN31. The van der Waals surface area contributed by atoms with Crippen LogP contribution in [0.2, 0.25) is 5.02 Å². The number of carbonyl (C=O) groups is 1. The molecule has 8 nitrogen and oxygen atoms in total. The molecule has 2 atom stereocenters. The summed E-state index contributed by atoms with van der Waals surface area (Å²) in [6.07, 6.45) is -0.438. The van der Waals surface area contributed by atoms with E-state index in [0.717, 1.165) is 4.57 Å². The maximum atomic E-state index is 16.4. The number of methoxy groups -OCH3 is 1. The van der Waals surface area contributed by atoms with Crippen molar-refractivity contribution in [1.82, 2.24) is 9.47 Å². The summed E-state index contributed by atoms with van der Waals surface area (Å²) in [6, 6.07) is 5.08. The lowest BCUT2D eigenvalue weighted by Crippen LogP contribution is -2.62. The number of ether oxygens (including phenoxy) is 3. The maximum absolute atomic E-state index is 16.4. The van der Waals surface area contributed by atoms with Crippen LogP contribution in [0.5, 0.6) is 11.5 Å². The molecule has 0 unspecified atom stereocenters. The van der Waals surface area contributed by atoms with Gasteiger partial charge in [0, 0.05) is 37.1 Å². The van der Waals surface area contributed by atoms with Gasteiger partial charge in [-0.25, -0.2) is 13.6 Å². The van der Waals surface area contributed by atoms with Crippen LogP contribution in [0.15, 0.2) is 29.1 Å². The van der Waals surface area contributed by atoms with Gasteiger partial charge in [0.15, 0.2) is 5.82 Å². The van der Waals surface area contributed by atoms with Crippen LogP contribution >= 0.6 is 11.6 Å². The number of piperazine rings is 1. The van der Waals surface area contributed by atoms with Crippen molar-refractivity contribution >= 4 is 34.3 Å². The van der Waals surface area contributed by atoms with Gasteiger partial charge >= 0.3 is 6.09 Å². The Hall–Kier alpha value is -3.53. The van der Waals surface area contributed by atoms with Gasteiger partial charge in [0.2, 0.25) is 5.75 Å². The molecule has 2 aliphatic heterocycles. The first kappa shape index (κ1) is 27.1. The molecule has 208 valence electrons. The highest BCUT2D eigenvalue weighted by Gasteiger charge is 2.42. The van der Waals surface area contributed by atoms with Crippen molar-refractivity contribution in [3.8, 4) is 22.6 Å². The highest BCUT2D eigenvalue weighted by molar-refractivity contribution is 6.34. The largest absolute Gasteiger partial charge is 0.496 e. The van der Waals surface area contributed by atoms with Gasteiger partial charge in [-0.1, -0.05) is 17.7 Å². The average molecular weight is 562 g/mol. The Balaban J connectivity index is 1.67. The first-order valence-corrected chi connectivity index (χ1v) is 13.0. The quantitative estimate of drug-likeness (QED) is 0.420. The highest BCUT2D eigenvalue weighted by Crippen LogP contribution is 2.46. The van der Waals surface area contributed by atoms with Crippen molar-refractivity contribution in [1.29, 1.82) is 0 Å². The second-order valence-corrected chi connectivity index (χ2v) is 11.3. The van der Waals surface area contributed by atoms with Crippen LogP contribution in [0.1, 0.15) is 27.7 Å². The molecule has 0 N–H and O–H groups in total. The molecule has 0 aliphatic carbocycles. The first-order chi connectivity index (χ1) is 18.3. The number of carbonyl (C=O) groups excluding carboxylic acids is 1. The lowest BCUT2D eigenvalue weighted by Gasteiger charge is -2.48. The predicted octanol–water partition coefficient (Wildman–Crippen LogP) is 5.35. The third kappa shape index (κ3) is 4.44. The molecule has 3 heterocycles. The third-order valence-corrected chi connectivity index (χ3v) is 7.42. The Morgan fingerprint density at radius 3 is 2.56 bits per heavy atom. The van der Waals surface area contributed by atoms with E-state index in [-0.39, 0.29) is 58.4 Å². The molecule has 0 saturated carbocycles. The van der Waals surface area contributed by atoms with E-state index >= 15 is 4.39 Å². The Morgan fingerprint density at radius 1 is 1.18 bits per heavy atom. The molecule has 0 radical (unpaired) electrons. The van der Waals surface area contributed by atoms with Crippen LogP contribution in [-0.4, -0.2) is 60.1 Å². The Kier molecular flexibility index (Phi) is 6.65. The number of hydrogen-bond donors (Lipinski definition) is 0. The third-order valence-electron chi connectivity index (χ3n) is 7.12. The molecule has 0 spiro atoms. The van der Waals surface area contributed by atoms with Crippen LogP contribution in [0, 0.1) is 11.6 Å². The molecule has 1 aromatic heterocycles. The molecular formula is C28H30ClF2N3O5. The number of hydrogen-bond acceptors (Lipinski definition) is 6. The normalized spacial score (nSPS) is 18.9. The van der Waals surface area contributed by atoms with E-state index < -0.39 is 28.9 Å². The van der Waals surface area contributed by atoms with E-state index in [4.69, 9.17) is 25.8 Å². The molecule has 2 aliphatic rings. The summed E-state index contributed by atoms with van der Waals surface area (Å²) in [5.74, 6) is -1.39. The molecule has 2 aromatic carbocycles. The van der Waals surface area contributed by atoms with E-state index in [9.17, 15) is 14.0 Å². The number of aryl methyl sites for hydroxylation is 1. The first-order valence-electron chi connectivity index (χ1n) is 12.6. The summed E-state index contributed by atoms with van der Waals surface area (Å²) in [5.41, 5.74) is -1.18. The summed E-state index contributed by atoms with van der Waals surface area (Å²) >= 11 is 6.63. The van der Waals surface area contributed by atoms with E-state index in [1.165, 1.54) is 38.4 Å². The van der Waals surface area contributed by atoms with Crippen LogP contribution in [0.3, 0.4) is 0 Å². The minimum Gasteiger partial charge on any atom is -0.496 e. The molecule has 1 fully saturated rings. The molecule has 39 heavy (non-hydrogen) atoms. The number of rotatable bonds is 2. The number of nitrogens with zero attached hydrogens (tertiary/aromatic N) is 3.